The van der Waals surface area contributed by atoms with E-state index in [2.05, 4.69) is 23.6 Å². The molecule has 4 nitrogen and oxygen atoms in total. The van der Waals surface area contributed by atoms with Gasteiger partial charge in [0.1, 0.15) is 0 Å². The van der Waals surface area contributed by atoms with Crippen molar-refractivity contribution in [1.29, 1.82) is 0 Å². The minimum absolute atomic E-state index is 0. The summed E-state index contributed by atoms with van der Waals surface area (Å²) in [6, 6.07) is 0.854. The number of halogens is 1. The van der Waals surface area contributed by atoms with Crippen molar-refractivity contribution < 1.29 is 4.79 Å². The Morgan fingerprint density at radius 3 is 2.62 bits per heavy atom. The van der Waals surface area contributed by atoms with Gasteiger partial charge in [0.15, 0.2) is 0 Å². The Hall–Kier alpha value is -0.320. The van der Waals surface area contributed by atoms with E-state index in [1.54, 1.807) is 0 Å². The highest BCUT2D eigenvalue weighted by molar-refractivity contribution is 5.85. The minimum Gasteiger partial charge on any atom is -0.339 e. The van der Waals surface area contributed by atoms with Crippen LogP contribution in [-0.4, -0.2) is 54.0 Å². The predicted octanol–water partition coefficient (Wildman–Crippen LogP) is 2.26. The van der Waals surface area contributed by atoms with Crippen LogP contribution in [0.2, 0.25) is 0 Å². The molecule has 0 bridgehead atoms. The molecule has 0 spiro atoms. The third-order valence-electron chi connectivity index (χ3n) is 5.23. The Morgan fingerprint density at radius 1 is 1.19 bits per heavy atom. The van der Waals surface area contributed by atoms with Gasteiger partial charge in [-0.1, -0.05) is 13.8 Å². The van der Waals surface area contributed by atoms with Crippen LogP contribution in [0.4, 0.5) is 0 Å². The summed E-state index contributed by atoms with van der Waals surface area (Å²) < 4.78 is 0. The summed E-state index contributed by atoms with van der Waals surface area (Å²) in [7, 11) is 0. The quantitative estimate of drug-likeness (QED) is 0.865. The third kappa shape index (κ3) is 4.57. The molecule has 21 heavy (non-hydrogen) atoms. The summed E-state index contributed by atoms with van der Waals surface area (Å²) in [6.45, 7) is 7.69. The van der Waals surface area contributed by atoms with Gasteiger partial charge in [-0.15, -0.1) is 12.4 Å². The van der Waals surface area contributed by atoms with E-state index in [-0.39, 0.29) is 12.4 Å². The fourth-order valence-electron chi connectivity index (χ4n) is 3.93. The molecule has 2 N–H and O–H groups in total. The van der Waals surface area contributed by atoms with Gasteiger partial charge in [-0.25, -0.2) is 0 Å². The number of rotatable bonds is 4. The van der Waals surface area contributed by atoms with Gasteiger partial charge in [-0.3, -0.25) is 9.69 Å². The highest BCUT2D eigenvalue weighted by Gasteiger charge is 2.31. The Morgan fingerprint density at radius 2 is 1.95 bits per heavy atom. The molecule has 0 aliphatic carbocycles. The standard InChI is InChI=1S/C16H31N3O.ClH/c1-3-14-8-4-5-10-19(14)16(20)12-18-9-6-7-13(2)15(18)11-17;/h13-15H,3-12,17H2,1-2H3;1H. The monoisotopic (exact) mass is 317 g/mol. The van der Waals surface area contributed by atoms with Gasteiger partial charge >= 0.3 is 0 Å². The summed E-state index contributed by atoms with van der Waals surface area (Å²) in [5.41, 5.74) is 5.93. The summed E-state index contributed by atoms with van der Waals surface area (Å²) in [5, 5.41) is 0. The average molecular weight is 318 g/mol. The fourth-order valence-corrected chi connectivity index (χ4v) is 3.93. The summed E-state index contributed by atoms with van der Waals surface area (Å²) >= 11 is 0. The van der Waals surface area contributed by atoms with Crippen molar-refractivity contribution in [1.82, 2.24) is 9.80 Å². The van der Waals surface area contributed by atoms with Crippen LogP contribution in [-0.2, 0) is 4.79 Å². The molecular weight excluding hydrogens is 286 g/mol. The molecule has 0 aromatic carbocycles. The molecule has 0 saturated carbocycles. The second-order valence-electron chi connectivity index (χ2n) is 6.54. The van der Waals surface area contributed by atoms with E-state index < -0.39 is 0 Å². The lowest BCUT2D eigenvalue weighted by Crippen LogP contribution is -2.54. The first-order valence-electron chi connectivity index (χ1n) is 8.41. The number of piperidine rings is 2. The second kappa shape index (κ2) is 8.96. The van der Waals surface area contributed by atoms with E-state index in [1.807, 2.05) is 0 Å². The van der Waals surface area contributed by atoms with Crippen molar-refractivity contribution in [2.24, 2.45) is 11.7 Å². The van der Waals surface area contributed by atoms with E-state index in [1.165, 1.54) is 32.1 Å². The van der Waals surface area contributed by atoms with Crippen molar-refractivity contribution in [3.63, 3.8) is 0 Å². The molecule has 0 aromatic rings. The van der Waals surface area contributed by atoms with Gasteiger partial charge in [0.2, 0.25) is 5.91 Å². The lowest BCUT2D eigenvalue weighted by atomic mass is 9.90. The van der Waals surface area contributed by atoms with Gasteiger partial charge in [0.25, 0.3) is 0 Å². The van der Waals surface area contributed by atoms with E-state index in [0.29, 0.717) is 37.0 Å². The lowest BCUT2D eigenvalue weighted by Gasteiger charge is -2.41. The van der Waals surface area contributed by atoms with Crippen LogP contribution in [0.3, 0.4) is 0 Å². The molecule has 2 heterocycles. The Bertz CT molecular complexity index is 327. The molecule has 0 radical (unpaired) electrons. The van der Waals surface area contributed by atoms with Gasteiger partial charge < -0.3 is 10.6 Å². The van der Waals surface area contributed by atoms with E-state index >= 15 is 0 Å². The van der Waals surface area contributed by atoms with Crippen LogP contribution >= 0.6 is 12.4 Å². The minimum atomic E-state index is 0. The van der Waals surface area contributed by atoms with Crippen molar-refractivity contribution in [3.05, 3.63) is 0 Å². The number of nitrogens with two attached hydrogens (primary N) is 1. The maximum Gasteiger partial charge on any atom is 0.237 e. The molecule has 2 rings (SSSR count). The molecule has 3 atom stereocenters. The zero-order chi connectivity index (χ0) is 14.5. The predicted molar refractivity (Wildman–Crippen MR) is 89.7 cm³/mol. The number of hydrogen-bond acceptors (Lipinski definition) is 3. The van der Waals surface area contributed by atoms with Gasteiger partial charge in [0, 0.05) is 25.2 Å². The van der Waals surface area contributed by atoms with E-state index in [4.69, 9.17) is 5.73 Å². The van der Waals surface area contributed by atoms with Crippen molar-refractivity contribution >= 4 is 18.3 Å². The van der Waals surface area contributed by atoms with Crippen LogP contribution in [0.25, 0.3) is 0 Å². The van der Waals surface area contributed by atoms with Gasteiger partial charge in [0.05, 0.1) is 6.54 Å². The second-order valence-corrected chi connectivity index (χ2v) is 6.54. The molecule has 0 aromatic heterocycles. The Labute approximate surface area is 135 Å². The maximum absolute atomic E-state index is 12.6. The van der Waals surface area contributed by atoms with Crippen LogP contribution in [0.5, 0.6) is 0 Å². The number of carbonyl (C=O) groups excluding carboxylic acids is 1. The molecule has 2 aliphatic heterocycles. The lowest BCUT2D eigenvalue weighted by molar-refractivity contribution is -0.137. The topological polar surface area (TPSA) is 49.6 Å². The number of carbonyl (C=O) groups is 1. The van der Waals surface area contributed by atoms with Crippen LogP contribution < -0.4 is 5.73 Å². The normalized spacial score (nSPS) is 30.8. The largest absolute Gasteiger partial charge is 0.339 e. The number of nitrogens with zero attached hydrogens (tertiary/aromatic N) is 2. The van der Waals surface area contributed by atoms with Crippen LogP contribution in [0, 0.1) is 5.92 Å². The third-order valence-corrected chi connectivity index (χ3v) is 5.23. The van der Waals surface area contributed by atoms with Crippen molar-refractivity contribution in [2.75, 3.05) is 26.2 Å². The SMILES string of the molecule is CCC1CCCCN1C(=O)CN1CCCC(C)C1CN.Cl. The molecule has 2 aliphatic rings. The van der Waals surface area contributed by atoms with E-state index in [9.17, 15) is 4.79 Å². The van der Waals surface area contributed by atoms with Gasteiger partial charge in [-0.05, 0) is 51.0 Å². The number of amides is 1. The van der Waals surface area contributed by atoms with Crippen LogP contribution in [0.1, 0.15) is 52.4 Å². The molecule has 3 unspecified atom stereocenters. The smallest absolute Gasteiger partial charge is 0.237 e. The van der Waals surface area contributed by atoms with Crippen molar-refractivity contribution in [2.45, 2.75) is 64.5 Å². The first kappa shape index (κ1) is 18.7. The zero-order valence-electron chi connectivity index (χ0n) is 13.6. The molecule has 1 amide bonds. The average Bonchev–Trinajstić information content (AvgIpc) is 2.47. The highest BCUT2D eigenvalue weighted by atomic mass is 35.5. The number of hydrogen-bond donors (Lipinski definition) is 1. The molecule has 5 heteroatoms. The Balaban J connectivity index is 0.00000220. The van der Waals surface area contributed by atoms with Gasteiger partial charge in [-0.2, -0.15) is 0 Å². The first-order valence-corrected chi connectivity index (χ1v) is 8.41. The van der Waals surface area contributed by atoms with E-state index in [0.717, 1.165) is 19.5 Å². The molecule has 2 fully saturated rings. The summed E-state index contributed by atoms with van der Waals surface area (Å²) in [5.74, 6) is 0.939. The molecule has 124 valence electrons. The summed E-state index contributed by atoms with van der Waals surface area (Å²) in [4.78, 5) is 17.1. The van der Waals surface area contributed by atoms with Crippen LogP contribution in [0.15, 0.2) is 0 Å². The highest BCUT2D eigenvalue weighted by Crippen LogP contribution is 2.24. The maximum atomic E-state index is 12.6. The summed E-state index contributed by atoms with van der Waals surface area (Å²) in [6.07, 6.45) is 7.14. The first-order chi connectivity index (χ1) is 9.67. The fraction of sp³-hybridized carbons (Fsp3) is 0.938. The Kier molecular flexibility index (Phi) is 7.99. The number of likely N-dealkylation sites (tertiary alicyclic amines) is 2. The molecular formula is C16H32ClN3O. The van der Waals surface area contributed by atoms with Crippen molar-refractivity contribution in [3.8, 4) is 0 Å². The molecule has 2 saturated heterocycles. The zero-order valence-corrected chi connectivity index (χ0v) is 14.4.